The highest BCUT2D eigenvalue weighted by Gasteiger charge is 2.36. The molecule has 1 aromatic heterocycles. The van der Waals surface area contributed by atoms with Gasteiger partial charge in [0.2, 0.25) is 0 Å². The van der Waals surface area contributed by atoms with E-state index in [0.29, 0.717) is 17.9 Å². The van der Waals surface area contributed by atoms with Crippen molar-refractivity contribution < 1.29 is 4.74 Å². The van der Waals surface area contributed by atoms with E-state index in [-0.39, 0.29) is 0 Å². The third-order valence-corrected chi connectivity index (χ3v) is 5.15. The summed E-state index contributed by atoms with van der Waals surface area (Å²) in [5.41, 5.74) is 1.11. The van der Waals surface area contributed by atoms with Gasteiger partial charge in [0.1, 0.15) is 5.82 Å². The van der Waals surface area contributed by atoms with Crippen LogP contribution < -0.4 is 0 Å². The highest BCUT2D eigenvalue weighted by Crippen LogP contribution is 2.39. The van der Waals surface area contributed by atoms with Gasteiger partial charge in [-0.1, -0.05) is 18.2 Å². The van der Waals surface area contributed by atoms with Crippen LogP contribution in [0.25, 0.3) is 5.69 Å². The summed E-state index contributed by atoms with van der Waals surface area (Å²) in [6, 6.07) is 11.0. The van der Waals surface area contributed by atoms with Gasteiger partial charge in [0.15, 0.2) is 5.82 Å². The van der Waals surface area contributed by atoms with Gasteiger partial charge < -0.3 is 9.64 Å². The van der Waals surface area contributed by atoms with Crippen molar-refractivity contribution in [1.29, 1.82) is 0 Å². The average molecular weight is 312 g/mol. The van der Waals surface area contributed by atoms with Crippen LogP contribution in [0.15, 0.2) is 30.3 Å². The molecule has 0 spiro atoms. The molecule has 0 N–H and O–H groups in total. The Kier molecular flexibility index (Phi) is 3.91. The Morgan fingerprint density at radius 2 is 1.91 bits per heavy atom. The highest BCUT2D eigenvalue weighted by molar-refractivity contribution is 5.32. The summed E-state index contributed by atoms with van der Waals surface area (Å²) in [7, 11) is 4.31. The molecular weight excluding hydrogens is 288 g/mol. The van der Waals surface area contributed by atoms with Crippen LogP contribution in [0.3, 0.4) is 0 Å². The van der Waals surface area contributed by atoms with Gasteiger partial charge in [-0.3, -0.25) is 0 Å². The molecule has 5 heteroatoms. The maximum Gasteiger partial charge on any atom is 0.156 e. The first-order valence-corrected chi connectivity index (χ1v) is 8.49. The lowest BCUT2D eigenvalue weighted by Crippen LogP contribution is -2.40. The maximum atomic E-state index is 5.52. The van der Waals surface area contributed by atoms with Crippen LogP contribution in [0, 0.1) is 0 Å². The van der Waals surface area contributed by atoms with Crippen LogP contribution in [0.2, 0.25) is 0 Å². The molecule has 1 aliphatic heterocycles. The molecule has 1 aliphatic carbocycles. The zero-order valence-electron chi connectivity index (χ0n) is 13.9. The van der Waals surface area contributed by atoms with Crippen molar-refractivity contribution in [2.24, 2.45) is 0 Å². The topological polar surface area (TPSA) is 43.2 Å². The lowest BCUT2D eigenvalue weighted by Gasteiger charge is -2.39. The smallest absolute Gasteiger partial charge is 0.156 e. The summed E-state index contributed by atoms with van der Waals surface area (Å²) in [5, 5.41) is 4.85. The molecule has 2 aromatic rings. The third kappa shape index (κ3) is 2.79. The second-order valence-electron chi connectivity index (χ2n) is 6.92. The number of rotatable bonds is 4. The lowest BCUT2D eigenvalue weighted by atomic mass is 9.79. The predicted octanol–water partition coefficient (Wildman–Crippen LogP) is 2.58. The van der Waals surface area contributed by atoms with E-state index in [1.807, 2.05) is 6.07 Å². The number of ether oxygens (including phenoxy) is 1. The Labute approximate surface area is 137 Å². The van der Waals surface area contributed by atoms with Crippen LogP contribution >= 0.6 is 0 Å². The van der Waals surface area contributed by atoms with Crippen molar-refractivity contribution in [3.8, 4) is 5.69 Å². The van der Waals surface area contributed by atoms with Crippen molar-refractivity contribution in [3.05, 3.63) is 42.0 Å². The first-order valence-electron chi connectivity index (χ1n) is 8.49. The van der Waals surface area contributed by atoms with Gasteiger partial charge >= 0.3 is 0 Å². The van der Waals surface area contributed by atoms with Crippen LogP contribution in [-0.2, 0) is 4.74 Å². The van der Waals surface area contributed by atoms with Gasteiger partial charge in [0.25, 0.3) is 0 Å². The fraction of sp³-hybridized carbons (Fsp3) is 0.556. The normalized spacial score (nSPS) is 27.3. The molecule has 4 rings (SSSR count). The van der Waals surface area contributed by atoms with E-state index in [0.717, 1.165) is 37.0 Å². The molecule has 1 unspecified atom stereocenters. The Balaban J connectivity index is 1.66. The maximum absolute atomic E-state index is 5.52. The van der Waals surface area contributed by atoms with Crippen LogP contribution in [0.1, 0.15) is 42.7 Å². The third-order valence-electron chi connectivity index (χ3n) is 5.15. The summed E-state index contributed by atoms with van der Waals surface area (Å²) in [4.78, 5) is 7.25. The van der Waals surface area contributed by atoms with Crippen molar-refractivity contribution in [2.45, 2.75) is 37.1 Å². The minimum atomic E-state index is 0.350. The van der Waals surface area contributed by atoms with Gasteiger partial charge in [-0.2, -0.15) is 5.10 Å². The van der Waals surface area contributed by atoms with Crippen molar-refractivity contribution >= 4 is 0 Å². The van der Waals surface area contributed by atoms with Gasteiger partial charge in [-0.05, 0) is 45.5 Å². The Morgan fingerprint density at radius 3 is 2.57 bits per heavy atom. The average Bonchev–Trinajstić information content (AvgIpc) is 3.15. The van der Waals surface area contributed by atoms with Gasteiger partial charge in [0, 0.05) is 24.5 Å². The van der Waals surface area contributed by atoms with E-state index in [9.17, 15) is 0 Å². The first kappa shape index (κ1) is 14.8. The number of aromatic nitrogens is 3. The molecule has 1 aromatic carbocycles. The molecule has 2 heterocycles. The molecule has 5 nitrogen and oxygen atoms in total. The molecule has 0 amide bonds. The Hall–Kier alpha value is -1.72. The van der Waals surface area contributed by atoms with Crippen molar-refractivity contribution in [1.82, 2.24) is 19.7 Å². The molecular formula is C18H24N4O. The predicted molar refractivity (Wildman–Crippen MR) is 89.0 cm³/mol. The molecule has 122 valence electrons. The largest absolute Gasteiger partial charge is 0.381 e. The minimum Gasteiger partial charge on any atom is -0.381 e. The number of nitrogens with zero attached hydrogens (tertiary/aromatic N) is 4. The SMILES string of the molecule is CN(C)C1CC(c2nc(C3CCOC3)nn2-c2ccccc2)C1. The van der Waals surface area contributed by atoms with Gasteiger partial charge in [0.05, 0.1) is 12.3 Å². The fourth-order valence-electron chi connectivity index (χ4n) is 3.50. The molecule has 1 saturated carbocycles. The van der Waals surface area contributed by atoms with Crippen molar-refractivity contribution in [2.75, 3.05) is 27.3 Å². The summed E-state index contributed by atoms with van der Waals surface area (Å²) in [6.07, 6.45) is 3.36. The number of hydrogen-bond acceptors (Lipinski definition) is 4. The van der Waals surface area contributed by atoms with Crippen LogP contribution in [-0.4, -0.2) is 53.0 Å². The standard InChI is InChI=1S/C18H24N4O/c1-21(2)16-10-14(11-16)18-19-17(13-8-9-23-12-13)20-22(18)15-6-4-3-5-7-15/h3-7,13-14,16H,8-12H2,1-2H3. The van der Waals surface area contributed by atoms with Crippen LogP contribution in [0.4, 0.5) is 0 Å². The first-order chi connectivity index (χ1) is 11.2. The van der Waals surface area contributed by atoms with E-state index in [1.54, 1.807) is 0 Å². The molecule has 2 aliphatic rings. The number of hydrogen-bond donors (Lipinski definition) is 0. The number of benzene rings is 1. The molecule has 0 radical (unpaired) electrons. The van der Waals surface area contributed by atoms with Crippen molar-refractivity contribution in [3.63, 3.8) is 0 Å². The highest BCUT2D eigenvalue weighted by atomic mass is 16.5. The summed E-state index contributed by atoms with van der Waals surface area (Å²) in [6.45, 7) is 1.58. The lowest BCUT2D eigenvalue weighted by molar-refractivity contribution is 0.160. The summed E-state index contributed by atoms with van der Waals surface area (Å²) >= 11 is 0. The zero-order chi connectivity index (χ0) is 15.8. The van der Waals surface area contributed by atoms with Gasteiger partial charge in [-0.25, -0.2) is 9.67 Å². The fourth-order valence-corrected chi connectivity index (χ4v) is 3.50. The van der Waals surface area contributed by atoms with E-state index in [4.69, 9.17) is 14.8 Å². The molecule has 0 bridgehead atoms. The zero-order valence-corrected chi connectivity index (χ0v) is 13.9. The van der Waals surface area contributed by atoms with Gasteiger partial charge in [-0.15, -0.1) is 0 Å². The molecule has 23 heavy (non-hydrogen) atoms. The summed E-state index contributed by atoms with van der Waals surface area (Å²) < 4.78 is 7.58. The Bertz CT molecular complexity index is 655. The monoisotopic (exact) mass is 312 g/mol. The summed E-state index contributed by atoms with van der Waals surface area (Å²) in [5.74, 6) is 2.93. The van der Waals surface area contributed by atoms with Crippen LogP contribution in [0.5, 0.6) is 0 Å². The second kappa shape index (κ2) is 6.06. The second-order valence-corrected chi connectivity index (χ2v) is 6.92. The molecule has 2 fully saturated rings. The van der Waals surface area contributed by atoms with E-state index in [2.05, 4.69) is 47.9 Å². The molecule has 1 atom stereocenters. The Morgan fingerprint density at radius 1 is 1.13 bits per heavy atom. The van der Waals surface area contributed by atoms with E-state index in [1.165, 1.54) is 12.8 Å². The van der Waals surface area contributed by atoms with E-state index < -0.39 is 0 Å². The van der Waals surface area contributed by atoms with E-state index >= 15 is 0 Å². The number of para-hydroxylation sites is 1. The minimum absolute atomic E-state index is 0.350. The quantitative estimate of drug-likeness (QED) is 0.870. The molecule has 1 saturated heterocycles.